The van der Waals surface area contributed by atoms with Crippen LogP contribution in [0.5, 0.6) is 11.5 Å². The van der Waals surface area contributed by atoms with Crippen LogP contribution in [0.3, 0.4) is 0 Å². The molecule has 1 aliphatic rings. The minimum atomic E-state index is 0.226. The van der Waals surface area contributed by atoms with Gasteiger partial charge in [-0.05, 0) is 30.5 Å². The van der Waals surface area contributed by atoms with Gasteiger partial charge in [0.1, 0.15) is 11.5 Å². The van der Waals surface area contributed by atoms with E-state index in [9.17, 15) is 4.79 Å². The third kappa shape index (κ3) is 5.60. The smallest absolute Gasteiger partial charge is 0.225 e. The summed E-state index contributed by atoms with van der Waals surface area (Å²) in [5.41, 5.74) is 7.77. The molecule has 1 amide bonds. The van der Waals surface area contributed by atoms with Crippen LogP contribution in [0, 0.1) is 5.92 Å². The number of methoxy groups -OCH3 is 2. The monoisotopic (exact) mass is 490 g/mol. The maximum absolute atomic E-state index is 11.3. The lowest BCUT2D eigenvalue weighted by Crippen LogP contribution is -2.27. The van der Waals surface area contributed by atoms with Gasteiger partial charge in [0, 0.05) is 43.2 Å². The lowest BCUT2D eigenvalue weighted by molar-refractivity contribution is -0.132. The van der Waals surface area contributed by atoms with E-state index in [0.29, 0.717) is 38.9 Å². The van der Waals surface area contributed by atoms with Gasteiger partial charge in [0.25, 0.3) is 0 Å². The Labute approximate surface area is 203 Å². The van der Waals surface area contributed by atoms with Crippen molar-refractivity contribution in [2.75, 3.05) is 34.0 Å². The van der Waals surface area contributed by atoms with Gasteiger partial charge in [-0.25, -0.2) is 9.97 Å². The molecule has 1 heterocycles. The molecule has 1 aromatic heterocycles. The summed E-state index contributed by atoms with van der Waals surface area (Å²) in [4.78, 5) is 21.2. The molecule has 0 radical (unpaired) electrons. The average molecular weight is 491 g/mol. The van der Waals surface area contributed by atoms with Gasteiger partial charge < -0.3 is 20.1 Å². The van der Waals surface area contributed by atoms with Crippen LogP contribution in [0.4, 0.5) is 5.95 Å². The second-order valence-electron chi connectivity index (χ2n) is 8.00. The molecule has 3 aromatic rings. The summed E-state index contributed by atoms with van der Waals surface area (Å²) in [6, 6.07) is 7.24. The number of benzene rings is 2. The fraction of sp³-hybridized carbons (Fsp3) is 0.375. The van der Waals surface area contributed by atoms with Gasteiger partial charge in [0.2, 0.25) is 11.9 Å². The third-order valence-electron chi connectivity index (χ3n) is 5.61. The number of aromatic nitrogens is 2. The van der Waals surface area contributed by atoms with E-state index in [1.807, 2.05) is 32.3 Å². The maximum Gasteiger partial charge on any atom is 0.225 e. The molecule has 1 fully saturated rings. The van der Waals surface area contributed by atoms with Crippen molar-refractivity contribution >= 4 is 46.0 Å². The minimum absolute atomic E-state index is 0.226. The zero-order valence-electron chi connectivity index (χ0n) is 19.2. The number of nitrogen functional groups attached to an aromatic ring is 1. The standard InChI is InChI=1S/C16H13Cl2N3O2.C8H15NO/c1-22-11-6-12(23-2)15(18)13(14(11)17)8-3-4-10-9(5-8)7-20-16(19)21-10;1-9(2)8(10)7-5-3-4-6-7/h3-7H,1-2H3,(H2,19,20,21);7H,3-6H2,1-2H3. The highest BCUT2D eigenvalue weighted by atomic mass is 35.5. The Morgan fingerprint density at radius 3 is 2.21 bits per heavy atom. The molecule has 0 atom stereocenters. The highest BCUT2D eigenvalue weighted by Crippen LogP contribution is 2.46. The summed E-state index contributed by atoms with van der Waals surface area (Å²) in [7, 11) is 6.74. The Morgan fingerprint density at radius 1 is 1.06 bits per heavy atom. The normalized spacial score (nSPS) is 13.4. The van der Waals surface area contributed by atoms with Gasteiger partial charge in [-0.3, -0.25) is 4.79 Å². The summed E-state index contributed by atoms with van der Waals surface area (Å²) in [5, 5.41) is 1.65. The summed E-state index contributed by atoms with van der Waals surface area (Å²) < 4.78 is 10.6. The first-order chi connectivity index (χ1) is 15.8. The Morgan fingerprint density at radius 2 is 1.67 bits per heavy atom. The molecule has 2 aromatic carbocycles. The Bertz CT molecular complexity index is 1120. The molecule has 1 aliphatic carbocycles. The van der Waals surface area contributed by atoms with E-state index >= 15 is 0 Å². The average Bonchev–Trinajstić information content (AvgIpc) is 3.34. The highest BCUT2D eigenvalue weighted by molar-refractivity contribution is 6.41. The van der Waals surface area contributed by atoms with Gasteiger partial charge in [-0.15, -0.1) is 0 Å². The van der Waals surface area contributed by atoms with Gasteiger partial charge in [-0.2, -0.15) is 0 Å². The molecular weight excluding hydrogens is 463 g/mol. The summed E-state index contributed by atoms with van der Waals surface area (Å²) in [6.07, 6.45) is 6.35. The molecule has 33 heavy (non-hydrogen) atoms. The van der Waals surface area contributed by atoms with Crippen molar-refractivity contribution in [3.8, 4) is 22.6 Å². The Kier molecular flexibility index (Phi) is 8.21. The van der Waals surface area contributed by atoms with Gasteiger partial charge in [0.15, 0.2) is 0 Å². The van der Waals surface area contributed by atoms with Crippen LogP contribution in [0.25, 0.3) is 22.0 Å². The molecule has 0 unspecified atom stereocenters. The molecule has 1 saturated carbocycles. The number of anilines is 1. The number of halogens is 2. The first-order valence-corrected chi connectivity index (χ1v) is 11.4. The molecule has 4 rings (SSSR count). The number of amides is 1. The molecule has 176 valence electrons. The molecule has 0 saturated heterocycles. The molecule has 7 nitrogen and oxygen atoms in total. The first kappa shape index (κ1) is 24.9. The lowest BCUT2D eigenvalue weighted by Gasteiger charge is -2.15. The fourth-order valence-corrected chi connectivity index (χ4v) is 4.60. The number of hydrogen-bond donors (Lipinski definition) is 1. The van der Waals surface area contributed by atoms with Crippen LogP contribution >= 0.6 is 23.2 Å². The second-order valence-corrected chi connectivity index (χ2v) is 8.76. The quantitative estimate of drug-likeness (QED) is 0.521. The number of ether oxygens (including phenoxy) is 2. The number of carbonyl (C=O) groups excluding carboxylic acids is 1. The maximum atomic E-state index is 11.3. The molecule has 0 spiro atoms. The number of carbonyl (C=O) groups is 1. The van der Waals surface area contributed by atoms with Crippen LogP contribution in [-0.2, 0) is 4.79 Å². The van der Waals surface area contributed by atoms with Crippen molar-refractivity contribution in [1.82, 2.24) is 14.9 Å². The highest BCUT2D eigenvalue weighted by Gasteiger charge is 2.23. The van der Waals surface area contributed by atoms with Crippen molar-refractivity contribution in [3.63, 3.8) is 0 Å². The largest absolute Gasteiger partial charge is 0.495 e. The van der Waals surface area contributed by atoms with E-state index in [2.05, 4.69) is 9.97 Å². The number of fused-ring (bicyclic) bond motifs is 1. The fourth-order valence-electron chi connectivity index (χ4n) is 3.88. The van der Waals surface area contributed by atoms with Gasteiger partial charge >= 0.3 is 0 Å². The summed E-state index contributed by atoms with van der Waals surface area (Å²) in [6.45, 7) is 0. The van der Waals surface area contributed by atoms with Crippen LogP contribution < -0.4 is 15.2 Å². The van der Waals surface area contributed by atoms with Crippen LogP contribution in [0.1, 0.15) is 25.7 Å². The number of nitrogens with two attached hydrogens (primary N) is 1. The molecular formula is C24H28Cl2N4O3. The Balaban J connectivity index is 0.000000257. The molecule has 9 heteroatoms. The third-order valence-corrected chi connectivity index (χ3v) is 6.36. The second kappa shape index (κ2) is 10.9. The van der Waals surface area contributed by atoms with Crippen molar-refractivity contribution < 1.29 is 14.3 Å². The predicted octanol–water partition coefficient (Wildman–Crippen LogP) is 5.47. The lowest BCUT2D eigenvalue weighted by atomic mass is 10.0. The molecule has 0 bridgehead atoms. The molecule has 2 N–H and O–H groups in total. The van der Waals surface area contributed by atoms with Crippen LogP contribution in [-0.4, -0.2) is 49.1 Å². The van der Waals surface area contributed by atoms with E-state index in [1.165, 1.54) is 27.1 Å². The van der Waals surface area contributed by atoms with Gasteiger partial charge in [0.05, 0.1) is 29.8 Å². The Hall–Kier alpha value is -2.77. The van der Waals surface area contributed by atoms with Crippen molar-refractivity contribution in [3.05, 3.63) is 40.5 Å². The van der Waals surface area contributed by atoms with Crippen molar-refractivity contribution in [1.29, 1.82) is 0 Å². The van der Waals surface area contributed by atoms with E-state index in [4.69, 9.17) is 38.4 Å². The predicted molar refractivity (Wildman–Crippen MR) is 133 cm³/mol. The van der Waals surface area contributed by atoms with Crippen molar-refractivity contribution in [2.45, 2.75) is 25.7 Å². The van der Waals surface area contributed by atoms with E-state index in [1.54, 1.807) is 17.2 Å². The zero-order chi connectivity index (χ0) is 24.1. The number of nitrogens with zero attached hydrogens (tertiary/aromatic N) is 3. The van der Waals surface area contributed by atoms with Crippen LogP contribution in [0.15, 0.2) is 30.5 Å². The van der Waals surface area contributed by atoms with Crippen molar-refractivity contribution in [2.24, 2.45) is 5.92 Å². The van der Waals surface area contributed by atoms with E-state index in [0.717, 1.165) is 29.3 Å². The number of hydrogen-bond acceptors (Lipinski definition) is 6. The first-order valence-electron chi connectivity index (χ1n) is 10.6. The molecule has 0 aliphatic heterocycles. The van der Waals surface area contributed by atoms with Crippen LogP contribution in [0.2, 0.25) is 10.0 Å². The SMILES string of the molecule is CN(C)C(=O)C1CCCC1.COc1cc(OC)c(Cl)c(-c2ccc3nc(N)ncc3c2)c1Cl. The van der Waals surface area contributed by atoms with E-state index in [-0.39, 0.29) is 5.95 Å². The number of rotatable bonds is 4. The topological polar surface area (TPSA) is 90.6 Å². The minimum Gasteiger partial charge on any atom is -0.495 e. The summed E-state index contributed by atoms with van der Waals surface area (Å²) in [5.74, 6) is 1.85. The zero-order valence-corrected chi connectivity index (χ0v) is 20.7. The summed E-state index contributed by atoms with van der Waals surface area (Å²) >= 11 is 12.9. The van der Waals surface area contributed by atoms with E-state index < -0.39 is 0 Å². The van der Waals surface area contributed by atoms with Gasteiger partial charge in [-0.1, -0.05) is 42.1 Å².